The number of aliphatic hydroxyl groups excluding tert-OH is 1. The number of nitrogens with one attached hydrogen (secondary N) is 1. The molecule has 0 radical (unpaired) electrons. The summed E-state index contributed by atoms with van der Waals surface area (Å²) in [5.41, 5.74) is 3.63. The summed E-state index contributed by atoms with van der Waals surface area (Å²) in [5, 5.41) is 11.8. The Labute approximate surface area is 118 Å². The highest BCUT2D eigenvalue weighted by atomic mass is 19.1. The highest BCUT2D eigenvalue weighted by Crippen LogP contribution is 2.07. The normalized spacial score (nSPS) is 18.1. The first kappa shape index (κ1) is 15.3. The van der Waals surface area contributed by atoms with Crippen LogP contribution < -0.4 is 5.43 Å². The van der Waals surface area contributed by atoms with Crippen molar-refractivity contribution < 1.29 is 19.0 Å². The zero-order valence-electron chi connectivity index (χ0n) is 11.4. The van der Waals surface area contributed by atoms with E-state index in [0.29, 0.717) is 25.3 Å². The maximum Gasteiger partial charge on any atom is 0.128 e. The molecule has 1 unspecified atom stereocenters. The molecule has 1 heterocycles. The molecule has 0 bridgehead atoms. The van der Waals surface area contributed by atoms with Gasteiger partial charge in [-0.3, -0.25) is 5.43 Å². The van der Waals surface area contributed by atoms with Gasteiger partial charge in [0.15, 0.2) is 0 Å². The van der Waals surface area contributed by atoms with Crippen LogP contribution in [0.2, 0.25) is 0 Å². The van der Waals surface area contributed by atoms with Crippen molar-refractivity contribution in [2.24, 2.45) is 0 Å². The van der Waals surface area contributed by atoms with Gasteiger partial charge in [0.2, 0.25) is 0 Å². The molecule has 1 aromatic rings. The molecule has 0 amide bonds. The molecular weight excluding hydrogens is 263 g/mol. The van der Waals surface area contributed by atoms with Crippen LogP contribution in [0.25, 0.3) is 0 Å². The van der Waals surface area contributed by atoms with Gasteiger partial charge >= 0.3 is 0 Å². The number of aliphatic hydroxyl groups is 1. The van der Waals surface area contributed by atoms with Crippen LogP contribution in [0, 0.1) is 5.82 Å². The zero-order valence-corrected chi connectivity index (χ0v) is 11.4. The molecule has 1 aliphatic heterocycles. The highest BCUT2D eigenvalue weighted by Gasteiger charge is 2.12. The standard InChI is InChI=1S/C14H21FN2O3/c15-14-4-2-1-3-12(14)10-20-11-13(18)9-16-17-5-7-19-8-6-17/h1-4,13,16,18H,5-11H2. The number of hydrogen-bond acceptors (Lipinski definition) is 5. The van der Waals surface area contributed by atoms with E-state index in [0.717, 1.165) is 13.1 Å². The van der Waals surface area contributed by atoms with Gasteiger partial charge in [-0.05, 0) is 6.07 Å². The smallest absolute Gasteiger partial charge is 0.128 e. The number of nitrogens with zero attached hydrogens (tertiary/aromatic N) is 1. The van der Waals surface area contributed by atoms with Crippen molar-refractivity contribution >= 4 is 0 Å². The minimum atomic E-state index is -0.621. The summed E-state index contributed by atoms with van der Waals surface area (Å²) in [5.74, 6) is -0.284. The molecule has 6 heteroatoms. The number of halogens is 1. The lowest BCUT2D eigenvalue weighted by Crippen LogP contribution is -2.48. The van der Waals surface area contributed by atoms with Crippen LogP contribution >= 0.6 is 0 Å². The lowest BCUT2D eigenvalue weighted by atomic mass is 10.2. The van der Waals surface area contributed by atoms with Crippen molar-refractivity contribution in [1.82, 2.24) is 10.4 Å². The van der Waals surface area contributed by atoms with Gasteiger partial charge in [-0.1, -0.05) is 18.2 Å². The van der Waals surface area contributed by atoms with Gasteiger partial charge in [0.25, 0.3) is 0 Å². The minimum Gasteiger partial charge on any atom is -0.389 e. The zero-order chi connectivity index (χ0) is 14.2. The Morgan fingerprint density at radius 3 is 2.85 bits per heavy atom. The summed E-state index contributed by atoms with van der Waals surface area (Å²) in [6, 6.07) is 6.47. The maximum atomic E-state index is 13.3. The van der Waals surface area contributed by atoms with E-state index < -0.39 is 6.10 Å². The molecule has 5 nitrogen and oxygen atoms in total. The predicted octanol–water partition coefficient (Wildman–Crippen LogP) is 0.540. The summed E-state index contributed by atoms with van der Waals surface area (Å²) in [7, 11) is 0. The van der Waals surface area contributed by atoms with E-state index in [4.69, 9.17) is 9.47 Å². The fourth-order valence-electron chi connectivity index (χ4n) is 1.94. The lowest BCUT2D eigenvalue weighted by molar-refractivity contribution is -0.0133. The fraction of sp³-hybridized carbons (Fsp3) is 0.571. The van der Waals surface area contributed by atoms with Crippen LogP contribution in [0.3, 0.4) is 0 Å². The average Bonchev–Trinajstić information content (AvgIpc) is 2.48. The Morgan fingerprint density at radius 2 is 2.10 bits per heavy atom. The van der Waals surface area contributed by atoms with E-state index in [2.05, 4.69) is 5.43 Å². The highest BCUT2D eigenvalue weighted by molar-refractivity contribution is 5.16. The molecule has 0 aromatic heterocycles. The van der Waals surface area contributed by atoms with Gasteiger partial charge in [0, 0.05) is 25.2 Å². The van der Waals surface area contributed by atoms with Crippen LogP contribution in [-0.2, 0) is 16.1 Å². The number of benzene rings is 1. The second kappa shape index (κ2) is 8.28. The second-order valence-corrected chi connectivity index (χ2v) is 4.72. The van der Waals surface area contributed by atoms with Gasteiger partial charge in [0.1, 0.15) is 5.82 Å². The molecule has 1 saturated heterocycles. The van der Waals surface area contributed by atoms with Crippen LogP contribution in [0.4, 0.5) is 4.39 Å². The van der Waals surface area contributed by atoms with Gasteiger partial charge in [-0.2, -0.15) is 0 Å². The van der Waals surface area contributed by atoms with E-state index in [1.165, 1.54) is 6.07 Å². The fourth-order valence-corrected chi connectivity index (χ4v) is 1.94. The maximum absolute atomic E-state index is 13.3. The van der Waals surface area contributed by atoms with Crippen molar-refractivity contribution in [3.63, 3.8) is 0 Å². The number of ether oxygens (including phenoxy) is 2. The third-order valence-electron chi connectivity index (χ3n) is 3.09. The number of hydrogen-bond donors (Lipinski definition) is 2. The molecule has 1 aliphatic rings. The topological polar surface area (TPSA) is 54.0 Å². The van der Waals surface area contributed by atoms with E-state index in [1.807, 2.05) is 5.01 Å². The first-order chi connectivity index (χ1) is 9.75. The average molecular weight is 284 g/mol. The molecular formula is C14H21FN2O3. The van der Waals surface area contributed by atoms with Gasteiger partial charge < -0.3 is 14.6 Å². The first-order valence-corrected chi connectivity index (χ1v) is 6.81. The Kier molecular flexibility index (Phi) is 6.35. The van der Waals surface area contributed by atoms with E-state index in [9.17, 15) is 9.50 Å². The van der Waals surface area contributed by atoms with Crippen molar-refractivity contribution in [3.05, 3.63) is 35.6 Å². The molecule has 20 heavy (non-hydrogen) atoms. The molecule has 0 spiro atoms. The van der Waals surface area contributed by atoms with Gasteiger partial charge in [-0.15, -0.1) is 0 Å². The van der Waals surface area contributed by atoms with Crippen LogP contribution in [0.5, 0.6) is 0 Å². The van der Waals surface area contributed by atoms with E-state index in [-0.39, 0.29) is 19.0 Å². The molecule has 1 atom stereocenters. The van der Waals surface area contributed by atoms with Crippen molar-refractivity contribution in [2.75, 3.05) is 39.5 Å². The Balaban J connectivity index is 1.60. The summed E-state index contributed by atoms with van der Waals surface area (Å²) in [6.45, 7) is 3.77. The number of morpholine rings is 1. The number of rotatable bonds is 7. The van der Waals surface area contributed by atoms with Crippen molar-refractivity contribution in [1.29, 1.82) is 0 Å². The van der Waals surface area contributed by atoms with Crippen molar-refractivity contribution in [3.8, 4) is 0 Å². The summed E-state index contributed by atoms with van der Waals surface area (Å²) in [6.07, 6.45) is -0.621. The molecule has 0 saturated carbocycles. The molecule has 2 rings (SSSR count). The Bertz CT molecular complexity index is 400. The number of hydrazine groups is 1. The third-order valence-corrected chi connectivity index (χ3v) is 3.09. The Morgan fingerprint density at radius 1 is 1.35 bits per heavy atom. The largest absolute Gasteiger partial charge is 0.389 e. The summed E-state index contributed by atoms with van der Waals surface area (Å²) >= 11 is 0. The van der Waals surface area contributed by atoms with Crippen LogP contribution in [0.1, 0.15) is 5.56 Å². The van der Waals surface area contributed by atoms with Crippen LogP contribution in [0.15, 0.2) is 24.3 Å². The first-order valence-electron chi connectivity index (χ1n) is 6.81. The molecule has 112 valence electrons. The predicted molar refractivity (Wildman–Crippen MR) is 72.5 cm³/mol. The van der Waals surface area contributed by atoms with E-state index in [1.54, 1.807) is 18.2 Å². The van der Waals surface area contributed by atoms with Gasteiger partial charge in [-0.25, -0.2) is 9.40 Å². The van der Waals surface area contributed by atoms with Gasteiger partial charge in [0.05, 0.1) is 32.5 Å². The summed E-state index contributed by atoms with van der Waals surface area (Å²) in [4.78, 5) is 0. The third kappa shape index (κ3) is 5.15. The lowest BCUT2D eigenvalue weighted by Gasteiger charge is -2.28. The minimum absolute atomic E-state index is 0.168. The van der Waals surface area contributed by atoms with E-state index >= 15 is 0 Å². The van der Waals surface area contributed by atoms with Crippen molar-refractivity contribution in [2.45, 2.75) is 12.7 Å². The molecule has 1 aromatic carbocycles. The van der Waals surface area contributed by atoms with Crippen LogP contribution in [-0.4, -0.2) is 55.7 Å². The summed E-state index contributed by atoms with van der Waals surface area (Å²) < 4.78 is 23.9. The molecule has 0 aliphatic carbocycles. The molecule has 2 N–H and O–H groups in total. The molecule has 1 fully saturated rings. The SMILES string of the molecule is OC(CNN1CCOCC1)COCc1ccccc1F. The second-order valence-electron chi connectivity index (χ2n) is 4.72. The monoisotopic (exact) mass is 284 g/mol. The quantitative estimate of drug-likeness (QED) is 0.765. The Hall–Kier alpha value is -1.05.